The minimum Gasteiger partial charge on any atom is -0.481 e. The van der Waals surface area contributed by atoms with E-state index in [1.54, 1.807) is 30.3 Å². The van der Waals surface area contributed by atoms with Gasteiger partial charge in [0.05, 0.1) is 12.5 Å². The number of carbonyl (C=O) groups is 5. The lowest BCUT2D eigenvalue weighted by Gasteiger charge is -2.28. The standard InChI is InChI=1S/C24H35N7O7/c25-15(13-19(32)33)22(36)31-11-5-9-18(31)21(35)29-16(8-4-10-28-24(26)27)20(34)30-17(23(37)38)12-14-6-2-1-3-7-14/h1-3,6-7,15-18H,4-5,8-13,25H2,(H,29,35)(H,30,34)(H,32,33)(H,37,38)(H4,26,27,28). The van der Waals surface area contributed by atoms with Gasteiger partial charge < -0.3 is 42.9 Å². The molecule has 4 unspecified atom stereocenters. The molecule has 0 spiro atoms. The van der Waals surface area contributed by atoms with E-state index in [1.807, 2.05) is 0 Å². The number of aliphatic carboxylic acids is 2. The summed E-state index contributed by atoms with van der Waals surface area (Å²) in [5, 5.41) is 23.7. The molecule has 1 heterocycles. The molecule has 0 radical (unpaired) electrons. The van der Waals surface area contributed by atoms with Crippen LogP contribution in [0, 0.1) is 0 Å². The smallest absolute Gasteiger partial charge is 0.326 e. The highest BCUT2D eigenvalue weighted by Gasteiger charge is 2.38. The van der Waals surface area contributed by atoms with Gasteiger partial charge in [-0.25, -0.2) is 4.79 Å². The number of benzene rings is 1. The maximum atomic E-state index is 13.1. The predicted molar refractivity (Wildman–Crippen MR) is 137 cm³/mol. The van der Waals surface area contributed by atoms with E-state index in [0.29, 0.717) is 24.8 Å². The summed E-state index contributed by atoms with van der Waals surface area (Å²) in [6.07, 6.45) is 0.615. The number of carboxylic acid groups (broad SMARTS) is 2. The van der Waals surface area contributed by atoms with E-state index < -0.39 is 60.2 Å². The largest absolute Gasteiger partial charge is 0.481 e. The Morgan fingerprint density at radius 1 is 1.05 bits per heavy atom. The van der Waals surface area contributed by atoms with Crippen LogP contribution in [-0.4, -0.2) is 88.0 Å². The molecule has 0 bridgehead atoms. The molecule has 1 aliphatic heterocycles. The van der Waals surface area contributed by atoms with E-state index in [-0.39, 0.29) is 31.9 Å². The molecule has 0 aromatic heterocycles. The van der Waals surface area contributed by atoms with Gasteiger partial charge in [-0.05, 0) is 31.2 Å². The number of amides is 3. The molecule has 2 rings (SSSR count). The van der Waals surface area contributed by atoms with Crippen LogP contribution in [0.25, 0.3) is 0 Å². The van der Waals surface area contributed by atoms with Gasteiger partial charge in [0.15, 0.2) is 5.96 Å². The summed E-state index contributed by atoms with van der Waals surface area (Å²) in [6, 6.07) is 4.10. The Labute approximate surface area is 219 Å². The molecule has 3 amide bonds. The monoisotopic (exact) mass is 533 g/mol. The number of guanidine groups is 1. The predicted octanol–water partition coefficient (Wildman–Crippen LogP) is -1.87. The van der Waals surface area contributed by atoms with Gasteiger partial charge in [-0.1, -0.05) is 30.3 Å². The van der Waals surface area contributed by atoms with Gasteiger partial charge in [0.1, 0.15) is 18.1 Å². The fourth-order valence-electron chi connectivity index (χ4n) is 4.15. The van der Waals surface area contributed by atoms with E-state index in [9.17, 15) is 29.1 Å². The molecule has 1 saturated heterocycles. The van der Waals surface area contributed by atoms with E-state index in [1.165, 1.54) is 4.90 Å². The minimum atomic E-state index is -1.31. The summed E-state index contributed by atoms with van der Waals surface area (Å²) in [6.45, 7) is 0.385. The maximum absolute atomic E-state index is 13.1. The van der Waals surface area contributed by atoms with Crippen molar-refractivity contribution < 1.29 is 34.2 Å². The van der Waals surface area contributed by atoms with E-state index in [2.05, 4.69) is 15.6 Å². The molecular weight excluding hydrogens is 498 g/mol. The van der Waals surface area contributed by atoms with Crippen LogP contribution in [0.4, 0.5) is 0 Å². The summed E-state index contributed by atoms with van der Waals surface area (Å²) in [5.74, 6) is -4.64. The van der Waals surface area contributed by atoms with E-state index in [4.69, 9.17) is 22.3 Å². The fraction of sp³-hybridized carbons (Fsp3) is 0.500. The molecule has 1 fully saturated rings. The van der Waals surface area contributed by atoms with Crippen LogP contribution in [0.15, 0.2) is 35.3 Å². The number of aliphatic imine (C=N–C) groups is 1. The average Bonchev–Trinajstić information content (AvgIpc) is 3.35. The van der Waals surface area contributed by atoms with Crippen molar-refractivity contribution in [1.29, 1.82) is 0 Å². The Balaban J connectivity index is 2.14. The Morgan fingerprint density at radius 3 is 2.34 bits per heavy atom. The van der Waals surface area contributed by atoms with Crippen LogP contribution in [-0.2, 0) is 30.4 Å². The molecule has 4 atom stereocenters. The highest BCUT2D eigenvalue weighted by Crippen LogP contribution is 2.19. The molecule has 0 saturated carbocycles. The zero-order valence-corrected chi connectivity index (χ0v) is 20.9. The van der Waals surface area contributed by atoms with Crippen molar-refractivity contribution >= 4 is 35.6 Å². The lowest BCUT2D eigenvalue weighted by Crippen LogP contribution is -2.57. The molecule has 14 nitrogen and oxygen atoms in total. The van der Waals surface area contributed by atoms with Crippen LogP contribution in [0.1, 0.15) is 37.7 Å². The number of carbonyl (C=O) groups excluding carboxylic acids is 3. The second-order valence-corrected chi connectivity index (χ2v) is 8.99. The number of hydrogen-bond donors (Lipinski definition) is 7. The summed E-state index contributed by atoms with van der Waals surface area (Å²) in [4.78, 5) is 66.8. The van der Waals surface area contributed by atoms with E-state index >= 15 is 0 Å². The second kappa shape index (κ2) is 14.5. The first-order valence-corrected chi connectivity index (χ1v) is 12.2. The zero-order chi connectivity index (χ0) is 28.2. The Bertz CT molecular complexity index is 1030. The van der Waals surface area contributed by atoms with Crippen molar-refractivity contribution in [3.63, 3.8) is 0 Å². The van der Waals surface area contributed by atoms with Gasteiger partial charge in [0.25, 0.3) is 0 Å². The van der Waals surface area contributed by atoms with Crippen molar-refractivity contribution in [2.24, 2.45) is 22.2 Å². The van der Waals surface area contributed by atoms with Crippen LogP contribution in [0.3, 0.4) is 0 Å². The van der Waals surface area contributed by atoms with Crippen LogP contribution in [0.5, 0.6) is 0 Å². The minimum absolute atomic E-state index is 0.0307. The maximum Gasteiger partial charge on any atom is 0.326 e. The van der Waals surface area contributed by atoms with E-state index in [0.717, 1.165) is 0 Å². The van der Waals surface area contributed by atoms with Crippen molar-refractivity contribution in [2.45, 2.75) is 62.7 Å². The van der Waals surface area contributed by atoms with Crippen molar-refractivity contribution in [3.8, 4) is 0 Å². The van der Waals surface area contributed by atoms with Crippen molar-refractivity contribution in [2.75, 3.05) is 13.1 Å². The third-order valence-electron chi connectivity index (χ3n) is 6.03. The molecule has 1 aromatic rings. The molecule has 208 valence electrons. The van der Waals surface area contributed by atoms with Crippen molar-refractivity contribution in [1.82, 2.24) is 15.5 Å². The average molecular weight is 534 g/mol. The molecule has 10 N–H and O–H groups in total. The van der Waals surface area contributed by atoms with Crippen LogP contribution >= 0.6 is 0 Å². The van der Waals surface area contributed by atoms with Gasteiger partial charge in [0, 0.05) is 19.5 Å². The number of nitrogens with zero attached hydrogens (tertiary/aromatic N) is 2. The molecule has 1 aromatic carbocycles. The number of likely N-dealkylation sites (tertiary alicyclic amines) is 1. The number of carboxylic acids is 2. The highest BCUT2D eigenvalue weighted by molar-refractivity contribution is 5.95. The lowest BCUT2D eigenvalue weighted by atomic mass is 10.0. The molecular formula is C24H35N7O7. The zero-order valence-electron chi connectivity index (χ0n) is 20.9. The van der Waals surface area contributed by atoms with Gasteiger partial charge in [-0.2, -0.15) is 0 Å². The normalized spacial score (nSPS) is 17.1. The molecule has 0 aliphatic carbocycles. The first-order chi connectivity index (χ1) is 18.0. The summed E-state index contributed by atoms with van der Waals surface area (Å²) < 4.78 is 0. The van der Waals surface area contributed by atoms with Crippen molar-refractivity contribution in [3.05, 3.63) is 35.9 Å². The first kappa shape index (κ1) is 30.0. The first-order valence-electron chi connectivity index (χ1n) is 12.2. The SMILES string of the molecule is NC(N)=NCCCC(NC(=O)C1CCCN1C(=O)C(N)CC(=O)O)C(=O)NC(Cc1ccccc1)C(=O)O. The number of nitrogens with one attached hydrogen (secondary N) is 2. The van der Waals surface area contributed by atoms with Gasteiger partial charge in [0.2, 0.25) is 17.7 Å². The molecule has 1 aliphatic rings. The Hall–Kier alpha value is -4.20. The summed E-state index contributed by atoms with van der Waals surface area (Å²) in [7, 11) is 0. The molecule has 14 heteroatoms. The summed E-state index contributed by atoms with van der Waals surface area (Å²) in [5.41, 5.74) is 17.1. The summed E-state index contributed by atoms with van der Waals surface area (Å²) >= 11 is 0. The van der Waals surface area contributed by atoms with Gasteiger partial charge >= 0.3 is 11.9 Å². The van der Waals surface area contributed by atoms with Gasteiger partial charge in [-0.15, -0.1) is 0 Å². The Morgan fingerprint density at radius 2 is 1.74 bits per heavy atom. The van der Waals surface area contributed by atoms with Crippen LogP contribution in [0.2, 0.25) is 0 Å². The van der Waals surface area contributed by atoms with Crippen LogP contribution < -0.4 is 27.8 Å². The fourth-order valence-corrected chi connectivity index (χ4v) is 4.15. The number of nitrogens with two attached hydrogens (primary N) is 3. The molecule has 38 heavy (non-hydrogen) atoms. The lowest BCUT2D eigenvalue weighted by molar-refractivity contribution is -0.144. The third kappa shape index (κ3) is 9.35. The second-order valence-electron chi connectivity index (χ2n) is 8.99. The number of hydrogen-bond acceptors (Lipinski definition) is 7. The quantitative estimate of drug-likeness (QED) is 0.0797. The van der Waals surface area contributed by atoms with Gasteiger partial charge in [-0.3, -0.25) is 24.2 Å². The highest BCUT2D eigenvalue weighted by atomic mass is 16.4. The number of rotatable bonds is 14. The topological polar surface area (TPSA) is 244 Å². The third-order valence-corrected chi connectivity index (χ3v) is 6.03. The Kier molecular flexibility index (Phi) is 11.5.